The highest BCUT2D eigenvalue weighted by molar-refractivity contribution is 5.94. The van der Waals surface area contributed by atoms with Crippen LogP contribution < -0.4 is 27.8 Å². The highest BCUT2D eigenvalue weighted by atomic mass is 16.4. The third-order valence-corrected chi connectivity index (χ3v) is 5.43. The average molecular weight is 501 g/mol. The molecule has 15 heteroatoms. The third kappa shape index (κ3) is 9.95. The van der Waals surface area contributed by atoms with E-state index in [0.717, 1.165) is 0 Å². The Morgan fingerprint density at radius 3 is 1.97 bits per heavy atom. The first-order valence-corrected chi connectivity index (χ1v) is 11.0. The van der Waals surface area contributed by atoms with Gasteiger partial charge in [0.2, 0.25) is 29.5 Å². The maximum Gasteiger partial charge on any atom is 0.326 e. The van der Waals surface area contributed by atoms with E-state index < -0.39 is 78.5 Å². The summed E-state index contributed by atoms with van der Waals surface area (Å²) in [5, 5.41) is 22.6. The molecule has 10 N–H and O–H groups in total. The second-order valence-corrected chi connectivity index (χ2v) is 8.20. The van der Waals surface area contributed by atoms with Gasteiger partial charge in [0.25, 0.3) is 0 Å². The molecule has 0 aromatic rings. The number of amides is 5. The lowest BCUT2D eigenvalue weighted by Gasteiger charge is -2.28. The Morgan fingerprint density at radius 1 is 0.857 bits per heavy atom. The fourth-order valence-corrected chi connectivity index (χ4v) is 3.56. The summed E-state index contributed by atoms with van der Waals surface area (Å²) in [5.74, 6) is -6.37. The van der Waals surface area contributed by atoms with E-state index in [1.54, 1.807) is 0 Å². The second kappa shape index (κ2) is 13.8. The Bertz CT molecular complexity index is 849. The Morgan fingerprint density at radius 2 is 1.43 bits per heavy atom. The molecule has 1 saturated heterocycles. The number of rotatable bonds is 15. The summed E-state index contributed by atoms with van der Waals surface area (Å²) in [5.41, 5.74) is 16.0. The highest BCUT2D eigenvalue weighted by Crippen LogP contribution is 2.19. The second-order valence-electron chi connectivity index (χ2n) is 8.20. The first-order chi connectivity index (χ1) is 16.3. The van der Waals surface area contributed by atoms with Gasteiger partial charge in [0.15, 0.2) is 0 Å². The van der Waals surface area contributed by atoms with Gasteiger partial charge >= 0.3 is 11.9 Å². The SMILES string of the molecule is NC(=O)CCC(N)C(=O)N1CCCC1C(=O)NC(CCC(N)=O)C(=O)NC(CCC(=O)O)C(=O)O. The van der Waals surface area contributed by atoms with Crippen LogP contribution in [0.3, 0.4) is 0 Å². The molecule has 1 fully saturated rings. The molecular formula is C20H32N6O9. The number of carbonyl (C=O) groups excluding carboxylic acids is 5. The van der Waals surface area contributed by atoms with Gasteiger partial charge < -0.3 is 42.9 Å². The number of carboxylic acids is 2. The first-order valence-electron chi connectivity index (χ1n) is 11.0. The molecule has 1 heterocycles. The number of hydrogen-bond acceptors (Lipinski definition) is 8. The molecule has 0 bridgehead atoms. The van der Waals surface area contributed by atoms with Crippen molar-refractivity contribution in [3.8, 4) is 0 Å². The zero-order chi connectivity index (χ0) is 26.7. The van der Waals surface area contributed by atoms with Gasteiger partial charge in [-0.2, -0.15) is 0 Å². The average Bonchev–Trinajstić information content (AvgIpc) is 3.26. The van der Waals surface area contributed by atoms with Crippen LogP contribution in [0.4, 0.5) is 0 Å². The van der Waals surface area contributed by atoms with Gasteiger partial charge in [-0.15, -0.1) is 0 Å². The van der Waals surface area contributed by atoms with Crippen molar-refractivity contribution >= 4 is 41.5 Å². The molecule has 0 saturated carbocycles. The van der Waals surface area contributed by atoms with Crippen molar-refractivity contribution < 1.29 is 43.8 Å². The minimum atomic E-state index is -1.54. The molecule has 196 valence electrons. The van der Waals surface area contributed by atoms with Crippen LogP contribution in [0.5, 0.6) is 0 Å². The van der Waals surface area contributed by atoms with Crippen LogP contribution in [0.15, 0.2) is 0 Å². The van der Waals surface area contributed by atoms with Gasteiger partial charge in [-0.05, 0) is 32.1 Å². The largest absolute Gasteiger partial charge is 0.481 e. The van der Waals surface area contributed by atoms with Crippen LogP contribution in [0, 0.1) is 0 Å². The summed E-state index contributed by atoms with van der Waals surface area (Å²) in [4.78, 5) is 83.8. The lowest BCUT2D eigenvalue weighted by Crippen LogP contribution is -2.56. The topological polar surface area (TPSA) is 265 Å². The molecule has 15 nitrogen and oxygen atoms in total. The number of hydrogen-bond donors (Lipinski definition) is 7. The van der Waals surface area contributed by atoms with Crippen molar-refractivity contribution in [2.45, 2.75) is 75.5 Å². The van der Waals surface area contributed by atoms with E-state index in [9.17, 15) is 38.7 Å². The minimum Gasteiger partial charge on any atom is -0.481 e. The van der Waals surface area contributed by atoms with Gasteiger partial charge in [0.1, 0.15) is 18.1 Å². The zero-order valence-corrected chi connectivity index (χ0v) is 19.1. The maximum absolute atomic E-state index is 12.9. The summed E-state index contributed by atoms with van der Waals surface area (Å²) >= 11 is 0. The molecule has 0 radical (unpaired) electrons. The molecule has 0 aliphatic carbocycles. The fourth-order valence-electron chi connectivity index (χ4n) is 3.56. The first kappa shape index (κ1) is 29.3. The molecule has 35 heavy (non-hydrogen) atoms. The number of carbonyl (C=O) groups is 7. The monoisotopic (exact) mass is 500 g/mol. The molecular weight excluding hydrogens is 468 g/mol. The summed E-state index contributed by atoms with van der Waals surface area (Å²) in [7, 11) is 0. The summed E-state index contributed by atoms with van der Waals surface area (Å²) in [6, 6.07) is -4.95. The summed E-state index contributed by atoms with van der Waals surface area (Å²) < 4.78 is 0. The van der Waals surface area contributed by atoms with Gasteiger partial charge in [-0.1, -0.05) is 0 Å². The predicted octanol–water partition coefficient (Wildman–Crippen LogP) is -3.25. The standard InChI is InChI=1S/C20H32N6O9/c21-10(3-6-14(22)27)19(33)26-9-1-2-13(26)18(32)24-11(4-7-15(23)28)17(31)25-12(20(34)35)5-8-16(29)30/h10-13H,1-9,21H2,(H2,22,27)(H2,23,28)(H,24,32)(H,25,31)(H,29,30)(H,34,35). The van der Waals surface area contributed by atoms with E-state index in [1.165, 1.54) is 4.90 Å². The van der Waals surface area contributed by atoms with Crippen LogP contribution in [-0.4, -0.2) is 87.3 Å². The summed E-state index contributed by atoms with van der Waals surface area (Å²) in [6.07, 6.45) is -0.865. The number of nitrogens with zero attached hydrogens (tertiary/aromatic N) is 1. The van der Waals surface area contributed by atoms with Crippen molar-refractivity contribution in [3.63, 3.8) is 0 Å². The molecule has 5 amide bonds. The van der Waals surface area contributed by atoms with E-state index in [1.807, 2.05) is 0 Å². The third-order valence-electron chi connectivity index (χ3n) is 5.43. The lowest BCUT2D eigenvalue weighted by molar-refractivity contribution is -0.144. The molecule has 0 aromatic carbocycles. The van der Waals surface area contributed by atoms with Crippen LogP contribution in [-0.2, 0) is 33.6 Å². The Labute approximate surface area is 200 Å². The normalized spacial score (nSPS) is 17.6. The zero-order valence-electron chi connectivity index (χ0n) is 19.1. The highest BCUT2D eigenvalue weighted by Gasteiger charge is 2.38. The number of primary amides is 2. The van der Waals surface area contributed by atoms with E-state index in [0.29, 0.717) is 6.42 Å². The van der Waals surface area contributed by atoms with Crippen molar-refractivity contribution in [2.75, 3.05) is 6.54 Å². The smallest absolute Gasteiger partial charge is 0.326 e. The minimum absolute atomic E-state index is 0.00440. The number of likely N-dealkylation sites (tertiary alicyclic amines) is 1. The van der Waals surface area contributed by atoms with Gasteiger partial charge in [0, 0.05) is 25.8 Å². The van der Waals surface area contributed by atoms with Crippen LogP contribution in [0.2, 0.25) is 0 Å². The van der Waals surface area contributed by atoms with Crippen molar-refractivity contribution in [1.29, 1.82) is 0 Å². The number of nitrogens with two attached hydrogens (primary N) is 3. The van der Waals surface area contributed by atoms with Gasteiger partial charge in [-0.25, -0.2) is 4.79 Å². The lowest BCUT2D eigenvalue weighted by atomic mass is 10.1. The van der Waals surface area contributed by atoms with E-state index in [-0.39, 0.29) is 38.6 Å². The van der Waals surface area contributed by atoms with Crippen LogP contribution in [0.25, 0.3) is 0 Å². The maximum atomic E-state index is 12.9. The molecule has 0 spiro atoms. The van der Waals surface area contributed by atoms with Crippen molar-refractivity contribution in [3.05, 3.63) is 0 Å². The Kier molecular flexibility index (Phi) is 11.6. The Balaban J connectivity index is 2.92. The molecule has 1 aliphatic rings. The van der Waals surface area contributed by atoms with Crippen LogP contribution in [0.1, 0.15) is 51.4 Å². The van der Waals surface area contributed by atoms with Crippen LogP contribution >= 0.6 is 0 Å². The molecule has 0 aromatic heterocycles. The quantitative estimate of drug-likeness (QED) is 0.118. The Hall–Kier alpha value is -3.75. The number of carboxylic acid groups (broad SMARTS) is 2. The van der Waals surface area contributed by atoms with E-state index in [4.69, 9.17) is 22.3 Å². The fraction of sp³-hybridized carbons (Fsp3) is 0.650. The number of nitrogens with one attached hydrogen (secondary N) is 2. The van der Waals surface area contributed by atoms with Crippen molar-refractivity contribution in [1.82, 2.24) is 15.5 Å². The molecule has 4 unspecified atom stereocenters. The van der Waals surface area contributed by atoms with Gasteiger partial charge in [0.05, 0.1) is 6.04 Å². The predicted molar refractivity (Wildman–Crippen MR) is 118 cm³/mol. The molecule has 1 aliphatic heterocycles. The van der Waals surface area contributed by atoms with Crippen molar-refractivity contribution in [2.24, 2.45) is 17.2 Å². The molecule has 4 atom stereocenters. The van der Waals surface area contributed by atoms with E-state index in [2.05, 4.69) is 10.6 Å². The van der Waals surface area contributed by atoms with E-state index >= 15 is 0 Å². The van der Waals surface area contributed by atoms with Gasteiger partial charge in [-0.3, -0.25) is 28.8 Å². The number of aliphatic carboxylic acids is 2. The molecule has 1 rings (SSSR count). The summed E-state index contributed by atoms with van der Waals surface area (Å²) in [6.45, 7) is 0.218.